The lowest BCUT2D eigenvalue weighted by atomic mass is 9.88. The van der Waals surface area contributed by atoms with Gasteiger partial charge >= 0.3 is 0 Å². The molecule has 2 aliphatic rings. The van der Waals surface area contributed by atoms with Gasteiger partial charge in [0.05, 0.1) is 0 Å². The van der Waals surface area contributed by atoms with Crippen molar-refractivity contribution >= 4 is 5.91 Å². The molecule has 0 N–H and O–H groups in total. The van der Waals surface area contributed by atoms with Crippen LogP contribution in [0.3, 0.4) is 0 Å². The minimum Gasteiger partial charge on any atom is -0.355 e. The highest BCUT2D eigenvalue weighted by Gasteiger charge is 2.34. The van der Waals surface area contributed by atoms with Gasteiger partial charge in [0.1, 0.15) is 0 Å². The summed E-state index contributed by atoms with van der Waals surface area (Å²) < 4.78 is 5.47. The molecule has 0 aromatic carbocycles. The van der Waals surface area contributed by atoms with Gasteiger partial charge in [0.2, 0.25) is 0 Å². The van der Waals surface area contributed by atoms with Gasteiger partial charge in [-0.2, -0.15) is 0 Å². The Kier molecular flexibility index (Phi) is 5.32. The Morgan fingerprint density at radius 3 is 2.08 bits per heavy atom. The lowest BCUT2D eigenvalue weighted by Crippen LogP contribution is -2.48. The summed E-state index contributed by atoms with van der Waals surface area (Å²) in [7, 11) is 0. The number of rotatable bonds is 4. The number of hydrogen-bond donors (Lipinski definition) is 0. The molecule has 2 aliphatic carbocycles. The molecule has 0 saturated heterocycles. The van der Waals surface area contributed by atoms with Gasteiger partial charge in [-0.05, 0) is 37.8 Å². The largest absolute Gasteiger partial charge is 0.355 e. The van der Waals surface area contributed by atoms with Crippen molar-refractivity contribution in [3.63, 3.8) is 0 Å². The van der Waals surface area contributed by atoms with E-state index in [9.17, 15) is 4.79 Å². The summed E-state index contributed by atoms with van der Waals surface area (Å²) >= 11 is 0. The van der Waals surface area contributed by atoms with Crippen molar-refractivity contribution in [3.8, 4) is 11.3 Å². The van der Waals surface area contributed by atoms with E-state index in [2.05, 4.69) is 15.0 Å². The zero-order chi connectivity index (χ0) is 17.8. The first-order valence-electron chi connectivity index (χ1n) is 10.0. The number of amides is 1. The second-order valence-corrected chi connectivity index (χ2v) is 7.61. The molecule has 2 saturated carbocycles. The van der Waals surface area contributed by atoms with Crippen LogP contribution in [-0.2, 0) is 0 Å². The third kappa shape index (κ3) is 3.67. The third-order valence-corrected chi connectivity index (χ3v) is 5.86. The first kappa shape index (κ1) is 17.3. The summed E-state index contributed by atoms with van der Waals surface area (Å²) in [6.07, 6.45) is 15.4. The van der Waals surface area contributed by atoms with Crippen molar-refractivity contribution in [3.05, 3.63) is 36.3 Å². The van der Waals surface area contributed by atoms with Gasteiger partial charge in [-0.3, -0.25) is 9.78 Å². The molecule has 26 heavy (non-hydrogen) atoms. The number of hydrogen-bond acceptors (Lipinski definition) is 4. The lowest BCUT2D eigenvalue weighted by molar-refractivity contribution is 0.0438. The average Bonchev–Trinajstić information content (AvgIpc) is 3.21. The summed E-state index contributed by atoms with van der Waals surface area (Å²) in [6.45, 7) is 0. The maximum absolute atomic E-state index is 13.4. The van der Waals surface area contributed by atoms with Gasteiger partial charge in [0, 0.05) is 36.1 Å². The predicted molar refractivity (Wildman–Crippen MR) is 99.6 cm³/mol. The minimum atomic E-state index is 0.0489. The van der Waals surface area contributed by atoms with E-state index in [-0.39, 0.29) is 5.91 Å². The van der Waals surface area contributed by atoms with Crippen LogP contribution in [-0.4, -0.2) is 33.0 Å². The van der Waals surface area contributed by atoms with Gasteiger partial charge in [-0.25, -0.2) is 0 Å². The van der Waals surface area contributed by atoms with Crippen LogP contribution in [0.5, 0.6) is 0 Å². The minimum absolute atomic E-state index is 0.0489. The Balaban J connectivity index is 1.58. The summed E-state index contributed by atoms with van der Waals surface area (Å²) in [5, 5.41) is 4.12. The Morgan fingerprint density at radius 1 is 0.923 bits per heavy atom. The van der Waals surface area contributed by atoms with Crippen molar-refractivity contribution in [2.45, 2.75) is 76.3 Å². The molecule has 0 radical (unpaired) electrons. The van der Waals surface area contributed by atoms with E-state index < -0.39 is 0 Å². The van der Waals surface area contributed by atoms with E-state index in [1.54, 1.807) is 18.5 Å². The van der Waals surface area contributed by atoms with E-state index >= 15 is 0 Å². The first-order chi connectivity index (χ1) is 12.8. The quantitative estimate of drug-likeness (QED) is 0.789. The zero-order valence-corrected chi connectivity index (χ0v) is 15.3. The molecule has 4 rings (SSSR count). The number of nitrogens with zero attached hydrogens (tertiary/aromatic N) is 3. The number of carbonyl (C=O) groups excluding carboxylic acids is 1. The highest BCUT2D eigenvalue weighted by atomic mass is 16.5. The highest BCUT2D eigenvalue weighted by Crippen LogP contribution is 2.32. The Bertz CT molecular complexity index is 698. The molecule has 2 aromatic rings. The van der Waals surface area contributed by atoms with Crippen LogP contribution in [0, 0.1) is 0 Å². The molecule has 138 valence electrons. The van der Waals surface area contributed by atoms with Crippen molar-refractivity contribution in [2.24, 2.45) is 0 Å². The number of aromatic nitrogens is 2. The number of carbonyl (C=O) groups is 1. The van der Waals surface area contributed by atoms with E-state index in [0.717, 1.165) is 31.2 Å². The summed E-state index contributed by atoms with van der Waals surface area (Å²) in [5.74, 6) is 0.677. The fraction of sp³-hybridized carbons (Fsp3) is 0.571. The smallest absolute Gasteiger partial charge is 0.276 e. The molecule has 5 heteroatoms. The normalized spacial score (nSPS) is 19.4. The topological polar surface area (TPSA) is 59.2 Å². The molecule has 2 heterocycles. The average molecular weight is 353 g/mol. The molecule has 0 atom stereocenters. The molecule has 0 aliphatic heterocycles. The Labute approximate surface area is 154 Å². The SMILES string of the molecule is O=C(c1cc(-c2ccncc2)on1)N(C1CCCCC1)C1CCCCC1. The monoisotopic (exact) mass is 353 g/mol. The second-order valence-electron chi connectivity index (χ2n) is 7.61. The van der Waals surface area contributed by atoms with Crippen LogP contribution in [0.15, 0.2) is 35.1 Å². The highest BCUT2D eigenvalue weighted by molar-refractivity contribution is 5.93. The molecule has 0 spiro atoms. The van der Waals surface area contributed by atoms with Crippen LogP contribution in [0.1, 0.15) is 74.7 Å². The van der Waals surface area contributed by atoms with Crippen molar-refractivity contribution < 1.29 is 9.32 Å². The number of pyridine rings is 1. The van der Waals surface area contributed by atoms with Crippen molar-refractivity contribution in [2.75, 3.05) is 0 Å². The molecule has 0 bridgehead atoms. The molecule has 1 amide bonds. The Hall–Kier alpha value is -2.17. The summed E-state index contributed by atoms with van der Waals surface area (Å²) in [6, 6.07) is 6.25. The summed E-state index contributed by atoms with van der Waals surface area (Å²) in [4.78, 5) is 19.6. The van der Waals surface area contributed by atoms with Crippen molar-refractivity contribution in [1.82, 2.24) is 15.0 Å². The predicted octanol–water partition coefficient (Wildman–Crippen LogP) is 4.84. The van der Waals surface area contributed by atoms with Gasteiger partial charge < -0.3 is 9.42 Å². The van der Waals surface area contributed by atoms with Gasteiger partial charge in [0.15, 0.2) is 11.5 Å². The van der Waals surface area contributed by atoms with Crippen LogP contribution < -0.4 is 0 Å². The fourth-order valence-electron chi connectivity index (χ4n) is 4.51. The molecule has 5 nitrogen and oxygen atoms in total. The van der Waals surface area contributed by atoms with Crippen LogP contribution in [0.25, 0.3) is 11.3 Å². The third-order valence-electron chi connectivity index (χ3n) is 5.86. The second kappa shape index (κ2) is 8.02. The van der Waals surface area contributed by atoms with Gasteiger partial charge in [-0.15, -0.1) is 0 Å². The Morgan fingerprint density at radius 2 is 1.50 bits per heavy atom. The van der Waals surface area contributed by atoms with Gasteiger partial charge in [0.25, 0.3) is 5.91 Å². The standard InChI is InChI=1S/C21H27N3O2/c25-21(19-15-20(26-23-19)16-11-13-22-14-12-16)24(17-7-3-1-4-8-17)18-9-5-2-6-10-18/h11-15,17-18H,1-10H2. The molecule has 2 fully saturated rings. The molecule has 0 unspecified atom stereocenters. The van der Waals surface area contributed by atoms with Crippen LogP contribution in [0.4, 0.5) is 0 Å². The van der Waals surface area contributed by atoms with Crippen LogP contribution in [0.2, 0.25) is 0 Å². The first-order valence-corrected chi connectivity index (χ1v) is 10.0. The van der Waals surface area contributed by atoms with E-state index in [4.69, 9.17) is 4.52 Å². The fourth-order valence-corrected chi connectivity index (χ4v) is 4.51. The maximum Gasteiger partial charge on any atom is 0.276 e. The molecular formula is C21H27N3O2. The van der Waals surface area contributed by atoms with E-state index in [1.165, 1.54) is 38.5 Å². The molecular weight excluding hydrogens is 326 g/mol. The lowest BCUT2D eigenvalue weighted by Gasteiger charge is -2.41. The van der Waals surface area contributed by atoms with E-state index in [0.29, 0.717) is 23.5 Å². The zero-order valence-electron chi connectivity index (χ0n) is 15.3. The molecule has 2 aromatic heterocycles. The maximum atomic E-state index is 13.4. The van der Waals surface area contributed by atoms with Crippen LogP contribution >= 0.6 is 0 Å². The van der Waals surface area contributed by atoms with E-state index in [1.807, 2.05) is 12.1 Å². The summed E-state index contributed by atoms with van der Waals surface area (Å²) in [5.41, 5.74) is 1.33. The van der Waals surface area contributed by atoms with Gasteiger partial charge in [-0.1, -0.05) is 43.7 Å². The van der Waals surface area contributed by atoms with Crippen molar-refractivity contribution in [1.29, 1.82) is 0 Å².